The van der Waals surface area contributed by atoms with Crippen molar-refractivity contribution < 1.29 is 9.21 Å². The number of aromatic nitrogens is 2. The predicted molar refractivity (Wildman–Crippen MR) is 122 cm³/mol. The molecule has 0 atom stereocenters. The average Bonchev–Trinajstić information content (AvgIpc) is 3.29. The van der Waals surface area contributed by atoms with E-state index in [-0.39, 0.29) is 17.2 Å². The van der Waals surface area contributed by atoms with Gasteiger partial charge >= 0.3 is 0 Å². The third-order valence-corrected chi connectivity index (χ3v) is 5.84. The van der Waals surface area contributed by atoms with Gasteiger partial charge in [-0.25, -0.2) is 4.98 Å². The number of carbonyl (C=O) groups is 1. The Labute approximate surface area is 184 Å². The van der Waals surface area contributed by atoms with Crippen molar-refractivity contribution in [2.45, 2.75) is 24.9 Å². The number of amides is 1. The minimum absolute atomic E-state index is 0.128. The van der Waals surface area contributed by atoms with E-state index in [9.17, 15) is 9.59 Å². The van der Waals surface area contributed by atoms with Gasteiger partial charge in [0, 0.05) is 13.0 Å². The Morgan fingerprint density at radius 1 is 1.10 bits per heavy atom. The highest BCUT2D eigenvalue weighted by atomic mass is 32.2. The number of furan rings is 1. The summed E-state index contributed by atoms with van der Waals surface area (Å²) < 4.78 is 6.99. The Balaban J connectivity index is 1.49. The van der Waals surface area contributed by atoms with Gasteiger partial charge in [0.2, 0.25) is 5.91 Å². The average molecular weight is 434 g/mol. The molecular formula is C24H23N3O3S. The van der Waals surface area contributed by atoms with Gasteiger partial charge in [-0.15, -0.1) is 0 Å². The first-order valence-electron chi connectivity index (χ1n) is 10.1. The number of thioether (sulfide) groups is 1. The third-order valence-electron chi connectivity index (χ3n) is 4.90. The zero-order valence-corrected chi connectivity index (χ0v) is 18.0. The first kappa shape index (κ1) is 20.9. The SMILES string of the molecule is Cc1ccc(Cn2c(=O)c(SCC(=O)NCCc3ccco3)nc3ccccc32)cc1. The molecule has 4 rings (SSSR count). The molecular weight excluding hydrogens is 410 g/mol. The fourth-order valence-corrected chi connectivity index (χ4v) is 4.03. The van der Waals surface area contributed by atoms with Gasteiger partial charge in [0.25, 0.3) is 5.56 Å². The largest absolute Gasteiger partial charge is 0.469 e. The van der Waals surface area contributed by atoms with Crippen LogP contribution >= 0.6 is 11.8 Å². The topological polar surface area (TPSA) is 77.1 Å². The van der Waals surface area contributed by atoms with E-state index < -0.39 is 0 Å². The van der Waals surface area contributed by atoms with Gasteiger partial charge in [-0.1, -0.05) is 53.7 Å². The molecule has 2 aromatic heterocycles. The van der Waals surface area contributed by atoms with Gasteiger partial charge in [0.05, 0.1) is 29.6 Å². The van der Waals surface area contributed by atoms with Crippen molar-refractivity contribution in [3.63, 3.8) is 0 Å². The van der Waals surface area contributed by atoms with Crippen molar-refractivity contribution in [3.05, 3.63) is 94.2 Å². The third kappa shape index (κ3) is 5.24. The van der Waals surface area contributed by atoms with Crippen molar-refractivity contribution in [1.82, 2.24) is 14.9 Å². The fourth-order valence-electron chi connectivity index (χ4n) is 3.26. The van der Waals surface area contributed by atoms with Gasteiger partial charge in [-0.05, 0) is 36.8 Å². The maximum atomic E-state index is 13.2. The van der Waals surface area contributed by atoms with Crippen LogP contribution in [-0.4, -0.2) is 27.8 Å². The smallest absolute Gasteiger partial charge is 0.283 e. The molecule has 2 heterocycles. The van der Waals surface area contributed by atoms with E-state index in [4.69, 9.17) is 4.42 Å². The molecule has 0 fully saturated rings. The Morgan fingerprint density at radius 2 is 1.90 bits per heavy atom. The van der Waals surface area contributed by atoms with Crippen molar-refractivity contribution in [2.75, 3.05) is 12.3 Å². The second-order valence-electron chi connectivity index (χ2n) is 7.25. The summed E-state index contributed by atoms with van der Waals surface area (Å²) in [4.78, 5) is 29.9. The van der Waals surface area contributed by atoms with Crippen molar-refractivity contribution in [2.24, 2.45) is 0 Å². The lowest BCUT2D eigenvalue weighted by molar-refractivity contribution is -0.118. The molecule has 0 unspecified atom stereocenters. The van der Waals surface area contributed by atoms with Crippen LogP contribution in [0.15, 0.2) is 81.2 Å². The lowest BCUT2D eigenvalue weighted by Crippen LogP contribution is -2.28. The summed E-state index contributed by atoms with van der Waals surface area (Å²) in [7, 11) is 0. The summed E-state index contributed by atoms with van der Waals surface area (Å²) in [5.74, 6) is 0.808. The van der Waals surface area contributed by atoms with E-state index in [2.05, 4.69) is 10.3 Å². The molecule has 0 spiro atoms. The van der Waals surface area contributed by atoms with Crippen molar-refractivity contribution in [3.8, 4) is 0 Å². The molecule has 6 nitrogen and oxygen atoms in total. The second kappa shape index (κ2) is 9.66. The highest BCUT2D eigenvalue weighted by molar-refractivity contribution is 7.99. The molecule has 4 aromatic rings. The standard InChI is InChI=1S/C24H23N3O3S/c1-17-8-10-18(11-9-17)15-27-21-7-3-2-6-20(21)26-23(24(27)29)31-16-22(28)25-13-12-19-5-4-14-30-19/h2-11,14H,12-13,15-16H2,1H3,(H,25,28). The second-order valence-corrected chi connectivity index (χ2v) is 8.21. The van der Waals surface area contributed by atoms with Crippen LogP contribution < -0.4 is 10.9 Å². The van der Waals surface area contributed by atoms with E-state index in [1.807, 2.05) is 67.6 Å². The number of aryl methyl sites for hydroxylation is 1. The van der Waals surface area contributed by atoms with Crippen LogP contribution in [-0.2, 0) is 17.8 Å². The van der Waals surface area contributed by atoms with Gasteiger partial charge in [-0.2, -0.15) is 0 Å². The minimum Gasteiger partial charge on any atom is -0.469 e. The molecule has 0 aliphatic carbocycles. The molecule has 2 aromatic carbocycles. The molecule has 31 heavy (non-hydrogen) atoms. The molecule has 1 N–H and O–H groups in total. The van der Waals surface area contributed by atoms with Gasteiger partial charge in [-0.3, -0.25) is 14.2 Å². The predicted octanol–water partition coefficient (Wildman–Crippen LogP) is 3.80. The zero-order valence-electron chi connectivity index (χ0n) is 17.2. The normalized spacial score (nSPS) is 11.0. The Morgan fingerprint density at radius 3 is 2.68 bits per heavy atom. The number of fused-ring (bicyclic) bond motifs is 1. The van der Waals surface area contributed by atoms with E-state index >= 15 is 0 Å². The van der Waals surface area contributed by atoms with Crippen molar-refractivity contribution >= 4 is 28.7 Å². The molecule has 0 saturated heterocycles. The Hall–Kier alpha value is -3.32. The molecule has 0 aliphatic rings. The number of para-hydroxylation sites is 2. The summed E-state index contributed by atoms with van der Waals surface area (Å²) in [5.41, 5.74) is 3.53. The number of rotatable bonds is 8. The van der Waals surface area contributed by atoms with E-state index in [1.54, 1.807) is 10.8 Å². The van der Waals surface area contributed by atoms with Crippen LogP contribution in [0.2, 0.25) is 0 Å². The van der Waals surface area contributed by atoms with Crippen LogP contribution in [0, 0.1) is 6.92 Å². The van der Waals surface area contributed by atoms with Crippen molar-refractivity contribution in [1.29, 1.82) is 0 Å². The van der Waals surface area contributed by atoms with E-state index in [0.717, 1.165) is 22.4 Å². The number of benzene rings is 2. The number of hydrogen-bond acceptors (Lipinski definition) is 5. The number of hydrogen-bond donors (Lipinski definition) is 1. The fraction of sp³-hybridized carbons (Fsp3) is 0.208. The lowest BCUT2D eigenvalue weighted by atomic mass is 10.1. The van der Waals surface area contributed by atoms with Crippen LogP contribution in [0.4, 0.5) is 0 Å². The zero-order chi connectivity index (χ0) is 21.6. The maximum Gasteiger partial charge on any atom is 0.283 e. The highest BCUT2D eigenvalue weighted by Crippen LogP contribution is 2.18. The Kier molecular flexibility index (Phi) is 6.52. The van der Waals surface area contributed by atoms with Crippen LogP contribution in [0.1, 0.15) is 16.9 Å². The monoisotopic (exact) mass is 433 g/mol. The molecule has 0 bridgehead atoms. The van der Waals surface area contributed by atoms with Crippen LogP contribution in [0.3, 0.4) is 0 Å². The first-order chi connectivity index (χ1) is 15.1. The summed E-state index contributed by atoms with van der Waals surface area (Å²) in [6.45, 7) is 2.97. The minimum atomic E-state index is -0.187. The molecule has 0 aliphatic heterocycles. The summed E-state index contributed by atoms with van der Waals surface area (Å²) in [6.07, 6.45) is 2.24. The van der Waals surface area contributed by atoms with E-state index in [1.165, 1.54) is 17.3 Å². The van der Waals surface area contributed by atoms with Gasteiger partial charge in [0.15, 0.2) is 5.03 Å². The summed E-state index contributed by atoms with van der Waals surface area (Å²) in [6, 6.07) is 19.4. The number of nitrogens with one attached hydrogen (secondary N) is 1. The summed E-state index contributed by atoms with van der Waals surface area (Å²) >= 11 is 1.17. The molecule has 158 valence electrons. The quantitative estimate of drug-likeness (QED) is 0.428. The van der Waals surface area contributed by atoms with Crippen LogP contribution in [0.5, 0.6) is 0 Å². The van der Waals surface area contributed by atoms with E-state index in [0.29, 0.717) is 24.5 Å². The Bertz CT molecular complexity index is 1230. The first-order valence-corrected chi connectivity index (χ1v) is 11.1. The number of carbonyl (C=O) groups excluding carboxylic acids is 1. The molecule has 7 heteroatoms. The lowest BCUT2D eigenvalue weighted by Gasteiger charge is -2.12. The molecule has 1 amide bonds. The van der Waals surface area contributed by atoms with Crippen LogP contribution in [0.25, 0.3) is 11.0 Å². The van der Waals surface area contributed by atoms with Gasteiger partial charge in [0.1, 0.15) is 5.76 Å². The molecule has 0 radical (unpaired) electrons. The summed E-state index contributed by atoms with van der Waals surface area (Å²) in [5, 5.41) is 3.18. The number of nitrogens with zero attached hydrogens (tertiary/aromatic N) is 2. The maximum absolute atomic E-state index is 13.2. The molecule has 0 saturated carbocycles. The highest BCUT2D eigenvalue weighted by Gasteiger charge is 2.13. The van der Waals surface area contributed by atoms with Gasteiger partial charge < -0.3 is 9.73 Å².